The van der Waals surface area contributed by atoms with Gasteiger partial charge in [-0.05, 0) is 69.6 Å². The Bertz CT molecular complexity index is 859. The predicted octanol–water partition coefficient (Wildman–Crippen LogP) is 4.78. The molecule has 0 bridgehead atoms. The minimum absolute atomic E-state index is 0.0273. The van der Waals surface area contributed by atoms with E-state index < -0.39 is 0 Å². The third-order valence-electron chi connectivity index (χ3n) is 6.58. The Morgan fingerprint density at radius 2 is 1.82 bits per heavy atom. The van der Waals surface area contributed by atoms with Gasteiger partial charge in [-0.25, -0.2) is 4.79 Å². The molecule has 1 aliphatic heterocycles. The fourth-order valence-electron chi connectivity index (χ4n) is 4.99. The average molecular weight is 450 g/mol. The number of halogens is 1. The molecular weight excluding hydrogens is 418 g/mol. The number of nitrogens with one attached hydrogen (secondary N) is 1. The number of imidazole rings is 1. The van der Waals surface area contributed by atoms with Crippen LogP contribution in [-0.4, -0.2) is 46.3 Å². The molecule has 2 heterocycles. The molecule has 28 heavy (non-hydrogen) atoms. The molecule has 1 saturated heterocycles. The lowest BCUT2D eigenvalue weighted by molar-refractivity contribution is 0.00254. The molecule has 1 N–H and O–H groups in total. The summed E-state index contributed by atoms with van der Waals surface area (Å²) in [5, 5.41) is 0. The Hall–Kier alpha value is -1.11. The lowest BCUT2D eigenvalue weighted by atomic mass is 9.90. The molecule has 4 rings (SSSR count). The molecule has 2 aliphatic rings. The van der Waals surface area contributed by atoms with E-state index in [9.17, 15) is 4.79 Å². The van der Waals surface area contributed by atoms with Gasteiger partial charge >= 0.3 is 5.69 Å². The second-order valence-corrected chi connectivity index (χ2v) is 9.34. The molecule has 154 valence electrons. The van der Waals surface area contributed by atoms with Gasteiger partial charge in [0, 0.05) is 36.3 Å². The molecule has 1 aromatic heterocycles. The Balaban J connectivity index is 1.39. The van der Waals surface area contributed by atoms with Gasteiger partial charge in [0.2, 0.25) is 0 Å². The van der Waals surface area contributed by atoms with Crippen LogP contribution in [0.25, 0.3) is 11.0 Å². The van der Waals surface area contributed by atoms with Crippen LogP contribution in [0.5, 0.6) is 0 Å². The minimum Gasteiger partial charge on any atom is -0.378 e. The van der Waals surface area contributed by atoms with E-state index in [1.165, 1.54) is 25.7 Å². The number of nitrogens with zero attached hydrogens (tertiary/aromatic N) is 2. The van der Waals surface area contributed by atoms with E-state index >= 15 is 0 Å². The van der Waals surface area contributed by atoms with Gasteiger partial charge in [0.25, 0.3) is 0 Å². The number of H-pyrrole nitrogens is 1. The van der Waals surface area contributed by atoms with Gasteiger partial charge in [0.1, 0.15) is 0 Å². The van der Waals surface area contributed by atoms with Gasteiger partial charge in [-0.3, -0.25) is 4.57 Å². The normalized spacial score (nSPS) is 24.8. The number of ether oxygens (including phenoxy) is 1. The van der Waals surface area contributed by atoms with Crippen LogP contribution in [0.1, 0.15) is 63.5 Å². The number of piperidine rings is 1. The van der Waals surface area contributed by atoms with Crippen molar-refractivity contribution < 1.29 is 4.74 Å². The number of rotatable bonds is 5. The molecule has 0 spiro atoms. The molecular formula is C22H32BrN3O2. The van der Waals surface area contributed by atoms with E-state index in [2.05, 4.69) is 51.8 Å². The van der Waals surface area contributed by atoms with Crippen molar-refractivity contribution >= 4 is 27.0 Å². The number of fused-ring (bicyclic) bond motifs is 1. The van der Waals surface area contributed by atoms with Crippen LogP contribution in [-0.2, 0) is 4.74 Å². The van der Waals surface area contributed by atoms with Crippen molar-refractivity contribution in [2.45, 2.75) is 77.0 Å². The summed E-state index contributed by atoms with van der Waals surface area (Å²) in [6.45, 7) is 7.30. The second-order valence-electron chi connectivity index (χ2n) is 8.49. The van der Waals surface area contributed by atoms with Crippen LogP contribution < -0.4 is 5.69 Å². The highest BCUT2D eigenvalue weighted by atomic mass is 79.9. The largest absolute Gasteiger partial charge is 0.378 e. The summed E-state index contributed by atoms with van der Waals surface area (Å²) in [7, 11) is 0. The first-order chi connectivity index (χ1) is 13.6. The molecule has 1 aliphatic carbocycles. The smallest absolute Gasteiger partial charge is 0.326 e. The summed E-state index contributed by atoms with van der Waals surface area (Å²) >= 11 is 3.62. The Kier molecular flexibility index (Phi) is 6.28. The van der Waals surface area contributed by atoms with Crippen LogP contribution in [0.3, 0.4) is 0 Å². The number of aromatic nitrogens is 2. The molecule has 1 aromatic carbocycles. The minimum atomic E-state index is 0.0273. The molecule has 0 amide bonds. The van der Waals surface area contributed by atoms with Crippen LogP contribution in [0.2, 0.25) is 0 Å². The zero-order valence-corrected chi connectivity index (χ0v) is 18.6. The number of benzene rings is 1. The third-order valence-corrected chi connectivity index (χ3v) is 7.43. The maximum atomic E-state index is 12.6. The summed E-state index contributed by atoms with van der Waals surface area (Å²) in [5.41, 5.74) is 3.14. The summed E-state index contributed by atoms with van der Waals surface area (Å²) in [5.74, 6) is 0. The number of hydrogen-bond acceptors (Lipinski definition) is 3. The molecule has 5 nitrogen and oxygen atoms in total. The molecule has 6 heteroatoms. The summed E-state index contributed by atoms with van der Waals surface area (Å²) < 4.78 is 9.00. The zero-order chi connectivity index (χ0) is 19.7. The lowest BCUT2D eigenvalue weighted by Crippen LogP contribution is -2.45. The number of hydrogen-bond donors (Lipinski definition) is 1. The van der Waals surface area contributed by atoms with Crippen molar-refractivity contribution in [2.75, 3.05) is 19.7 Å². The third kappa shape index (κ3) is 4.10. The highest BCUT2D eigenvalue weighted by molar-refractivity contribution is 9.10. The van der Waals surface area contributed by atoms with Crippen molar-refractivity contribution in [1.29, 1.82) is 0 Å². The van der Waals surface area contributed by atoms with E-state index in [1.54, 1.807) is 0 Å². The van der Waals surface area contributed by atoms with Crippen LogP contribution in [0.15, 0.2) is 21.4 Å². The average Bonchev–Trinajstić information content (AvgIpc) is 3.02. The predicted molar refractivity (Wildman–Crippen MR) is 117 cm³/mol. The number of aryl methyl sites for hydroxylation is 1. The molecule has 2 aromatic rings. The van der Waals surface area contributed by atoms with Gasteiger partial charge in [-0.1, -0.05) is 22.9 Å². The standard InChI is InChI=1S/C22H32BrN3O2/c1-3-12-28-18-6-4-16(5-7-18)25-10-8-17(9-11-25)26-21-14-19(23)15(2)13-20(21)24-22(26)27/h13-14,16-18H,3-12H2,1-2H3,(H,24,27). The molecule has 0 radical (unpaired) electrons. The number of aromatic amines is 1. The quantitative estimate of drug-likeness (QED) is 0.714. The van der Waals surface area contributed by atoms with Gasteiger partial charge in [0.15, 0.2) is 0 Å². The SMILES string of the molecule is CCCOC1CCC(N2CCC(n3c(=O)[nH]c4cc(C)c(Br)cc43)CC2)CC1. The van der Waals surface area contributed by atoms with Crippen LogP contribution >= 0.6 is 15.9 Å². The van der Waals surface area contributed by atoms with Crippen molar-refractivity contribution in [3.8, 4) is 0 Å². The molecule has 0 atom stereocenters. The van der Waals surface area contributed by atoms with Crippen molar-refractivity contribution in [1.82, 2.24) is 14.5 Å². The summed E-state index contributed by atoms with van der Waals surface area (Å²) in [6.07, 6.45) is 8.56. The van der Waals surface area contributed by atoms with E-state index in [4.69, 9.17) is 4.74 Å². The monoisotopic (exact) mass is 449 g/mol. The Morgan fingerprint density at radius 1 is 1.11 bits per heavy atom. The lowest BCUT2D eigenvalue weighted by Gasteiger charge is -2.41. The highest BCUT2D eigenvalue weighted by Gasteiger charge is 2.30. The van der Waals surface area contributed by atoms with E-state index in [-0.39, 0.29) is 11.7 Å². The fourth-order valence-corrected chi connectivity index (χ4v) is 5.32. The van der Waals surface area contributed by atoms with E-state index in [1.807, 2.05) is 4.57 Å². The van der Waals surface area contributed by atoms with Gasteiger partial charge in [-0.2, -0.15) is 0 Å². The van der Waals surface area contributed by atoms with Crippen LogP contribution in [0.4, 0.5) is 0 Å². The van der Waals surface area contributed by atoms with Crippen molar-refractivity contribution in [3.05, 3.63) is 32.7 Å². The fraction of sp³-hybridized carbons (Fsp3) is 0.682. The maximum Gasteiger partial charge on any atom is 0.326 e. The summed E-state index contributed by atoms with van der Waals surface area (Å²) in [6, 6.07) is 5.13. The second kappa shape index (κ2) is 8.72. The van der Waals surface area contributed by atoms with Crippen molar-refractivity contribution in [2.24, 2.45) is 0 Å². The molecule has 1 saturated carbocycles. The van der Waals surface area contributed by atoms with Crippen molar-refractivity contribution in [3.63, 3.8) is 0 Å². The Labute approximate surface area is 175 Å². The van der Waals surface area contributed by atoms with E-state index in [0.29, 0.717) is 12.1 Å². The first-order valence-electron chi connectivity index (χ1n) is 10.8. The first kappa shape index (κ1) is 20.2. The zero-order valence-electron chi connectivity index (χ0n) is 17.0. The molecule has 2 fully saturated rings. The maximum absolute atomic E-state index is 12.6. The van der Waals surface area contributed by atoms with Gasteiger partial charge in [0.05, 0.1) is 17.1 Å². The van der Waals surface area contributed by atoms with Gasteiger partial charge in [-0.15, -0.1) is 0 Å². The van der Waals surface area contributed by atoms with Gasteiger partial charge < -0.3 is 14.6 Å². The first-order valence-corrected chi connectivity index (χ1v) is 11.6. The topological polar surface area (TPSA) is 50.3 Å². The van der Waals surface area contributed by atoms with Crippen LogP contribution in [0, 0.1) is 6.92 Å². The van der Waals surface area contributed by atoms with E-state index in [0.717, 1.165) is 60.0 Å². The molecule has 0 unspecified atom stereocenters. The Morgan fingerprint density at radius 3 is 2.50 bits per heavy atom. The number of likely N-dealkylation sites (tertiary alicyclic amines) is 1. The highest BCUT2D eigenvalue weighted by Crippen LogP contribution is 2.32. The summed E-state index contributed by atoms with van der Waals surface area (Å²) in [4.78, 5) is 18.3.